The van der Waals surface area contributed by atoms with Crippen LogP contribution < -0.4 is 11.1 Å². The molecule has 0 aliphatic rings. The minimum Gasteiger partial charge on any atom is -0.508 e. The van der Waals surface area contributed by atoms with Crippen LogP contribution in [0, 0.1) is 13.8 Å². The average molecular weight is 610 g/mol. The Morgan fingerprint density at radius 3 is 1.53 bits per heavy atom. The molecule has 0 saturated carbocycles. The largest absolute Gasteiger partial charge is 0.508 e. The van der Waals surface area contributed by atoms with E-state index in [1.54, 1.807) is 38.1 Å². The number of hydrogen-bond donors (Lipinski definition) is 3. The summed E-state index contributed by atoms with van der Waals surface area (Å²) in [6, 6.07) is 21.5. The van der Waals surface area contributed by atoms with Gasteiger partial charge in [0.2, 0.25) is 0 Å². The number of aromatic amines is 2. The quantitative estimate of drug-likeness (QED) is 0.239. The second kappa shape index (κ2) is 9.48. The summed E-state index contributed by atoms with van der Waals surface area (Å²) in [5.41, 5.74) is 3.19. The van der Waals surface area contributed by atoms with E-state index in [1.807, 2.05) is 48.5 Å². The zero-order valence-corrected chi connectivity index (χ0v) is 22.6. The van der Waals surface area contributed by atoms with Gasteiger partial charge >= 0.3 is 0 Å². The van der Waals surface area contributed by atoms with E-state index >= 15 is 0 Å². The van der Waals surface area contributed by atoms with Crippen LogP contribution in [0.5, 0.6) is 5.75 Å². The summed E-state index contributed by atoms with van der Waals surface area (Å²) in [6.45, 7) is 3.60. The Hall–Kier alpha value is -3.56. The molecule has 2 aromatic heterocycles. The molecule has 0 bridgehead atoms. The van der Waals surface area contributed by atoms with Gasteiger partial charge in [0, 0.05) is 25.9 Å². The maximum Gasteiger partial charge on any atom is 0.275 e. The number of aryl methyl sites for hydroxylation is 2. The molecule has 0 spiro atoms. The van der Waals surface area contributed by atoms with Crippen LogP contribution in [0.4, 0.5) is 0 Å². The van der Waals surface area contributed by atoms with E-state index in [-0.39, 0.29) is 16.9 Å². The fraction of sp³-hybridized carbons (Fsp3) is 0.111. The number of H-pyrrole nitrogens is 2. The second-order valence-corrected chi connectivity index (χ2v) is 10.4. The average Bonchev–Trinajstić information content (AvgIpc) is 3.32. The zero-order chi connectivity index (χ0) is 25.6. The van der Waals surface area contributed by atoms with Crippen LogP contribution in [0.25, 0.3) is 11.4 Å². The van der Waals surface area contributed by atoms with Crippen molar-refractivity contribution in [3.63, 3.8) is 0 Å². The zero-order valence-electron chi connectivity index (χ0n) is 19.4. The van der Waals surface area contributed by atoms with Crippen LogP contribution in [0.1, 0.15) is 34.0 Å². The van der Waals surface area contributed by atoms with Crippen molar-refractivity contribution in [2.45, 2.75) is 19.8 Å². The molecule has 3 aromatic carbocycles. The van der Waals surface area contributed by atoms with Gasteiger partial charge in [0.15, 0.2) is 0 Å². The first-order valence-electron chi connectivity index (χ1n) is 11.2. The van der Waals surface area contributed by atoms with Crippen molar-refractivity contribution in [1.82, 2.24) is 19.6 Å². The van der Waals surface area contributed by atoms with Crippen molar-refractivity contribution in [2.75, 3.05) is 0 Å². The molecule has 0 fully saturated rings. The first-order valence-corrected chi connectivity index (χ1v) is 12.8. The Kier molecular flexibility index (Phi) is 6.36. The lowest BCUT2D eigenvalue weighted by atomic mass is 9.85. The molecule has 0 unspecified atom stereocenters. The van der Waals surface area contributed by atoms with Crippen LogP contribution in [0.2, 0.25) is 0 Å². The molecule has 0 amide bonds. The Bertz CT molecular complexity index is 1570. The summed E-state index contributed by atoms with van der Waals surface area (Å²) >= 11 is 6.84. The summed E-state index contributed by atoms with van der Waals surface area (Å²) in [6.07, 6.45) is 0. The van der Waals surface area contributed by atoms with Crippen LogP contribution in [0.15, 0.2) is 91.3 Å². The van der Waals surface area contributed by atoms with Crippen molar-refractivity contribution < 1.29 is 5.11 Å². The third kappa shape index (κ3) is 4.18. The van der Waals surface area contributed by atoms with Crippen molar-refractivity contribution in [1.29, 1.82) is 0 Å². The van der Waals surface area contributed by atoms with Crippen molar-refractivity contribution in [3.05, 3.63) is 131 Å². The number of aromatic hydroxyl groups is 1. The minimum atomic E-state index is -0.799. The highest BCUT2D eigenvalue weighted by molar-refractivity contribution is 9.10. The molecule has 0 saturated heterocycles. The lowest BCUT2D eigenvalue weighted by Crippen LogP contribution is -2.25. The van der Waals surface area contributed by atoms with Crippen LogP contribution in [0.3, 0.4) is 0 Å². The summed E-state index contributed by atoms with van der Waals surface area (Å²) in [7, 11) is 0. The number of aromatic nitrogens is 4. The standard InChI is InChI=1S/C27H22Br2N4O3/c1-15-23(26(35)32(30-15)19-11-7-17(28)8-12-19)25(21-5-3-4-6-22(21)34)24-16(2)31-33(27(24)36)20-13-9-18(29)10-14-20/h3-14,25,30-31,34H,1-2H3. The second-order valence-electron chi connectivity index (χ2n) is 8.53. The van der Waals surface area contributed by atoms with Gasteiger partial charge in [0.05, 0.1) is 28.4 Å². The van der Waals surface area contributed by atoms with E-state index in [4.69, 9.17) is 0 Å². The summed E-state index contributed by atoms with van der Waals surface area (Å²) < 4.78 is 4.70. The third-order valence-corrected chi connectivity index (χ3v) is 7.29. The van der Waals surface area contributed by atoms with E-state index in [0.717, 1.165) is 8.95 Å². The Labute approximate surface area is 223 Å². The topological polar surface area (TPSA) is 95.8 Å². The number of halogens is 2. The van der Waals surface area contributed by atoms with E-state index in [0.29, 0.717) is 39.5 Å². The number of nitrogens with zero attached hydrogens (tertiary/aromatic N) is 2. The van der Waals surface area contributed by atoms with Gasteiger partial charge in [-0.05, 0) is 68.4 Å². The minimum absolute atomic E-state index is 0.00730. The molecule has 0 aliphatic carbocycles. The normalized spacial score (nSPS) is 11.4. The molecule has 182 valence electrons. The Morgan fingerprint density at radius 2 is 1.11 bits per heavy atom. The molecule has 5 aromatic rings. The highest BCUT2D eigenvalue weighted by Crippen LogP contribution is 2.36. The van der Waals surface area contributed by atoms with Gasteiger partial charge in [-0.1, -0.05) is 50.1 Å². The number of phenolic OH excluding ortho intramolecular Hbond substituents is 1. The van der Waals surface area contributed by atoms with Gasteiger partial charge in [-0.2, -0.15) is 0 Å². The predicted octanol–water partition coefficient (Wildman–Crippen LogP) is 5.67. The molecule has 0 radical (unpaired) electrons. The van der Waals surface area contributed by atoms with E-state index in [9.17, 15) is 14.7 Å². The number of rotatable bonds is 5. The molecule has 9 heteroatoms. The van der Waals surface area contributed by atoms with E-state index in [2.05, 4.69) is 42.1 Å². The highest BCUT2D eigenvalue weighted by atomic mass is 79.9. The SMILES string of the molecule is Cc1[nH]n(-c2ccc(Br)cc2)c(=O)c1C(c1ccccc1O)c1c(C)[nH]n(-c2ccc(Br)cc2)c1=O. The molecule has 0 atom stereocenters. The molecule has 0 aliphatic heterocycles. The lowest BCUT2D eigenvalue weighted by molar-refractivity contribution is 0.467. The van der Waals surface area contributed by atoms with Crippen LogP contribution >= 0.6 is 31.9 Å². The van der Waals surface area contributed by atoms with Gasteiger partial charge < -0.3 is 5.11 Å². The number of nitrogens with one attached hydrogen (secondary N) is 2. The van der Waals surface area contributed by atoms with E-state index in [1.165, 1.54) is 9.36 Å². The maximum atomic E-state index is 13.8. The van der Waals surface area contributed by atoms with Crippen molar-refractivity contribution >= 4 is 31.9 Å². The fourth-order valence-electron chi connectivity index (χ4n) is 4.53. The predicted molar refractivity (Wildman–Crippen MR) is 147 cm³/mol. The third-order valence-electron chi connectivity index (χ3n) is 6.23. The summed E-state index contributed by atoms with van der Waals surface area (Å²) in [5, 5.41) is 17.1. The van der Waals surface area contributed by atoms with Gasteiger partial charge in [0.25, 0.3) is 11.1 Å². The molecule has 2 heterocycles. The fourth-order valence-corrected chi connectivity index (χ4v) is 5.06. The van der Waals surface area contributed by atoms with Crippen molar-refractivity contribution in [2.24, 2.45) is 0 Å². The number of benzene rings is 3. The number of para-hydroxylation sites is 1. The van der Waals surface area contributed by atoms with Crippen LogP contribution in [-0.2, 0) is 0 Å². The first-order chi connectivity index (χ1) is 17.3. The number of phenols is 1. The Balaban J connectivity index is 1.77. The molecule has 36 heavy (non-hydrogen) atoms. The molecular formula is C27H22Br2N4O3. The molecule has 7 nitrogen and oxygen atoms in total. The van der Waals surface area contributed by atoms with Crippen molar-refractivity contribution in [3.8, 4) is 17.1 Å². The van der Waals surface area contributed by atoms with Gasteiger partial charge in [-0.3, -0.25) is 19.8 Å². The van der Waals surface area contributed by atoms with Gasteiger partial charge in [-0.15, -0.1) is 0 Å². The van der Waals surface area contributed by atoms with Crippen LogP contribution in [-0.4, -0.2) is 24.7 Å². The summed E-state index contributed by atoms with van der Waals surface area (Å²) in [4.78, 5) is 27.7. The Morgan fingerprint density at radius 1 is 0.694 bits per heavy atom. The van der Waals surface area contributed by atoms with Gasteiger partial charge in [0.1, 0.15) is 5.75 Å². The van der Waals surface area contributed by atoms with Gasteiger partial charge in [-0.25, -0.2) is 9.36 Å². The highest BCUT2D eigenvalue weighted by Gasteiger charge is 2.32. The first kappa shape index (κ1) is 24.1. The smallest absolute Gasteiger partial charge is 0.275 e. The van der Waals surface area contributed by atoms with E-state index < -0.39 is 5.92 Å². The number of hydrogen-bond acceptors (Lipinski definition) is 3. The monoisotopic (exact) mass is 608 g/mol. The maximum absolute atomic E-state index is 13.8. The summed E-state index contributed by atoms with van der Waals surface area (Å²) in [5.74, 6) is -0.792. The molecule has 3 N–H and O–H groups in total. The molecular weight excluding hydrogens is 588 g/mol. The molecule has 5 rings (SSSR count). The lowest BCUT2D eigenvalue weighted by Gasteiger charge is -2.17.